The van der Waals surface area contributed by atoms with Gasteiger partial charge in [0, 0.05) is 25.5 Å². The predicted octanol–water partition coefficient (Wildman–Crippen LogP) is 1.58. The molecule has 0 amide bonds. The maximum absolute atomic E-state index is 11.9. The number of hydrogen-bond donors (Lipinski definition) is 0. The number of carbonyl (C=O) groups excluding carboxylic acids is 1. The summed E-state index contributed by atoms with van der Waals surface area (Å²) in [7, 11) is 0. The molecule has 1 aliphatic heterocycles. The molecule has 4 heteroatoms. The lowest BCUT2D eigenvalue weighted by atomic mass is 10.1. The van der Waals surface area contributed by atoms with E-state index in [0.29, 0.717) is 6.42 Å². The van der Waals surface area contributed by atoms with E-state index in [1.165, 1.54) is 0 Å². The van der Waals surface area contributed by atoms with Crippen molar-refractivity contribution in [2.24, 2.45) is 0 Å². The van der Waals surface area contributed by atoms with Crippen molar-refractivity contribution in [3.05, 3.63) is 18.2 Å². The van der Waals surface area contributed by atoms with E-state index in [1.807, 2.05) is 10.8 Å². The number of rotatable bonds is 5. The SMILES string of the molecule is CCCn1ccnc1CC(=O)C1CCCO1. The fraction of sp³-hybridized carbons (Fsp3) is 0.667. The van der Waals surface area contributed by atoms with Crippen molar-refractivity contribution in [1.29, 1.82) is 0 Å². The predicted molar refractivity (Wildman–Crippen MR) is 60.2 cm³/mol. The minimum Gasteiger partial charge on any atom is -0.370 e. The number of aryl methyl sites for hydroxylation is 1. The Kier molecular flexibility index (Phi) is 3.72. The van der Waals surface area contributed by atoms with Gasteiger partial charge in [-0.15, -0.1) is 0 Å². The zero-order chi connectivity index (χ0) is 11.4. The molecule has 88 valence electrons. The molecule has 0 aromatic carbocycles. The van der Waals surface area contributed by atoms with E-state index in [1.54, 1.807) is 6.20 Å². The molecule has 0 radical (unpaired) electrons. The third kappa shape index (κ3) is 2.50. The Morgan fingerprint density at radius 2 is 2.56 bits per heavy atom. The van der Waals surface area contributed by atoms with Gasteiger partial charge in [0.25, 0.3) is 0 Å². The van der Waals surface area contributed by atoms with Crippen LogP contribution in [0.5, 0.6) is 0 Å². The van der Waals surface area contributed by atoms with Crippen LogP contribution in [0.4, 0.5) is 0 Å². The Labute approximate surface area is 95.6 Å². The molecule has 1 fully saturated rings. The molecule has 2 rings (SSSR count). The molecule has 0 saturated carbocycles. The van der Waals surface area contributed by atoms with Gasteiger partial charge >= 0.3 is 0 Å². The first kappa shape index (κ1) is 11.3. The Morgan fingerprint density at radius 3 is 3.25 bits per heavy atom. The normalized spacial score (nSPS) is 20.2. The molecule has 1 saturated heterocycles. The van der Waals surface area contributed by atoms with Crippen LogP contribution in [-0.2, 0) is 22.5 Å². The molecule has 0 N–H and O–H groups in total. The van der Waals surface area contributed by atoms with Crippen LogP contribution in [0.25, 0.3) is 0 Å². The first-order valence-electron chi connectivity index (χ1n) is 5.95. The number of nitrogens with zero attached hydrogens (tertiary/aromatic N) is 2. The van der Waals surface area contributed by atoms with E-state index >= 15 is 0 Å². The average molecular weight is 222 g/mol. The van der Waals surface area contributed by atoms with Gasteiger partial charge in [-0.05, 0) is 19.3 Å². The highest BCUT2D eigenvalue weighted by Crippen LogP contribution is 2.14. The van der Waals surface area contributed by atoms with Crippen LogP contribution in [0.2, 0.25) is 0 Å². The second-order valence-corrected chi connectivity index (χ2v) is 4.18. The van der Waals surface area contributed by atoms with Crippen molar-refractivity contribution < 1.29 is 9.53 Å². The van der Waals surface area contributed by atoms with Crippen LogP contribution in [0.15, 0.2) is 12.4 Å². The van der Waals surface area contributed by atoms with E-state index in [0.717, 1.165) is 38.2 Å². The summed E-state index contributed by atoms with van der Waals surface area (Å²) in [5.41, 5.74) is 0. The molecule has 0 aliphatic carbocycles. The summed E-state index contributed by atoms with van der Waals surface area (Å²) in [6.07, 6.45) is 6.82. The highest BCUT2D eigenvalue weighted by atomic mass is 16.5. The summed E-state index contributed by atoms with van der Waals surface area (Å²) in [5, 5.41) is 0. The van der Waals surface area contributed by atoms with Gasteiger partial charge in [-0.2, -0.15) is 0 Å². The van der Waals surface area contributed by atoms with Crippen molar-refractivity contribution in [2.45, 2.75) is 45.3 Å². The number of imidazole rings is 1. The Balaban J connectivity index is 1.96. The van der Waals surface area contributed by atoms with Gasteiger partial charge < -0.3 is 9.30 Å². The minimum absolute atomic E-state index is 0.168. The van der Waals surface area contributed by atoms with Gasteiger partial charge in [0.2, 0.25) is 0 Å². The van der Waals surface area contributed by atoms with Gasteiger partial charge in [0.15, 0.2) is 5.78 Å². The lowest BCUT2D eigenvalue weighted by molar-refractivity contribution is -0.127. The monoisotopic (exact) mass is 222 g/mol. The lowest BCUT2D eigenvalue weighted by Crippen LogP contribution is -2.23. The molecule has 0 bridgehead atoms. The summed E-state index contributed by atoms with van der Waals surface area (Å²) >= 11 is 0. The fourth-order valence-corrected chi connectivity index (χ4v) is 2.05. The van der Waals surface area contributed by atoms with Crippen molar-refractivity contribution >= 4 is 5.78 Å². The van der Waals surface area contributed by atoms with Gasteiger partial charge in [0.1, 0.15) is 11.9 Å². The van der Waals surface area contributed by atoms with Crippen molar-refractivity contribution in [3.63, 3.8) is 0 Å². The van der Waals surface area contributed by atoms with Crippen LogP contribution in [0.1, 0.15) is 32.0 Å². The molecule has 2 heterocycles. The van der Waals surface area contributed by atoms with E-state index in [9.17, 15) is 4.79 Å². The van der Waals surface area contributed by atoms with Gasteiger partial charge in [0.05, 0.1) is 6.42 Å². The maximum Gasteiger partial charge on any atom is 0.169 e. The summed E-state index contributed by atoms with van der Waals surface area (Å²) in [6.45, 7) is 3.76. The van der Waals surface area contributed by atoms with Crippen LogP contribution < -0.4 is 0 Å². The highest BCUT2D eigenvalue weighted by molar-refractivity contribution is 5.84. The number of ether oxygens (including phenoxy) is 1. The van der Waals surface area contributed by atoms with E-state index in [4.69, 9.17) is 4.74 Å². The van der Waals surface area contributed by atoms with Crippen molar-refractivity contribution in [3.8, 4) is 0 Å². The summed E-state index contributed by atoms with van der Waals surface area (Å²) < 4.78 is 7.43. The van der Waals surface area contributed by atoms with Gasteiger partial charge in [-0.1, -0.05) is 6.92 Å². The molecule has 1 atom stereocenters. The number of carbonyl (C=O) groups is 1. The Bertz CT molecular complexity index is 354. The van der Waals surface area contributed by atoms with Gasteiger partial charge in [-0.25, -0.2) is 4.98 Å². The van der Waals surface area contributed by atoms with E-state index in [-0.39, 0.29) is 11.9 Å². The second-order valence-electron chi connectivity index (χ2n) is 4.18. The van der Waals surface area contributed by atoms with Gasteiger partial charge in [-0.3, -0.25) is 4.79 Å². The van der Waals surface area contributed by atoms with E-state index in [2.05, 4.69) is 11.9 Å². The summed E-state index contributed by atoms with van der Waals surface area (Å²) in [4.78, 5) is 16.1. The van der Waals surface area contributed by atoms with Crippen molar-refractivity contribution in [1.82, 2.24) is 9.55 Å². The summed E-state index contributed by atoms with van der Waals surface area (Å²) in [5.74, 6) is 1.03. The molecule has 1 aromatic heterocycles. The highest BCUT2D eigenvalue weighted by Gasteiger charge is 2.24. The number of hydrogen-bond acceptors (Lipinski definition) is 3. The fourth-order valence-electron chi connectivity index (χ4n) is 2.05. The van der Waals surface area contributed by atoms with Crippen LogP contribution >= 0.6 is 0 Å². The van der Waals surface area contributed by atoms with Crippen LogP contribution in [0, 0.1) is 0 Å². The number of aromatic nitrogens is 2. The average Bonchev–Trinajstić information content (AvgIpc) is 2.90. The number of Topliss-reactive ketones (excluding diaryl/α,β-unsaturated/α-hetero) is 1. The largest absolute Gasteiger partial charge is 0.370 e. The first-order chi connectivity index (χ1) is 7.81. The molecule has 1 aromatic rings. The first-order valence-corrected chi connectivity index (χ1v) is 5.95. The molecule has 1 aliphatic rings. The molecule has 1 unspecified atom stereocenters. The van der Waals surface area contributed by atoms with Crippen LogP contribution in [-0.4, -0.2) is 28.0 Å². The molecular weight excluding hydrogens is 204 g/mol. The minimum atomic E-state index is -0.188. The number of ketones is 1. The quantitative estimate of drug-likeness (QED) is 0.759. The molecule has 0 spiro atoms. The van der Waals surface area contributed by atoms with E-state index < -0.39 is 0 Å². The standard InChI is InChI=1S/C12H18N2O2/c1-2-6-14-7-5-13-12(14)9-10(15)11-4-3-8-16-11/h5,7,11H,2-4,6,8-9H2,1H3. The van der Waals surface area contributed by atoms with Crippen molar-refractivity contribution in [2.75, 3.05) is 6.61 Å². The smallest absolute Gasteiger partial charge is 0.169 e. The maximum atomic E-state index is 11.9. The molecule has 4 nitrogen and oxygen atoms in total. The Hall–Kier alpha value is -1.16. The zero-order valence-electron chi connectivity index (χ0n) is 9.69. The zero-order valence-corrected chi connectivity index (χ0v) is 9.69. The molecular formula is C12H18N2O2. The Morgan fingerprint density at radius 1 is 1.69 bits per heavy atom. The molecule has 16 heavy (non-hydrogen) atoms. The second kappa shape index (κ2) is 5.25. The topological polar surface area (TPSA) is 44.1 Å². The van der Waals surface area contributed by atoms with Crippen LogP contribution in [0.3, 0.4) is 0 Å². The summed E-state index contributed by atoms with van der Waals surface area (Å²) in [6, 6.07) is 0. The third-order valence-corrected chi connectivity index (χ3v) is 2.89. The lowest BCUT2D eigenvalue weighted by Gasteiger charge is -2.09. The third-order valence-electron chi connectivity index (χ3n) is 2.89.